The lowest BCUT2D eigenvalue weighted by Gasteiger charge is -2.28. The third-order valence-corrected chi connectivity index (χ3v) is 4.18. The molecule has 0 radical (unpaired) electrons. The first-order chi connectivity index (χ1) is 13.3. The SMILES string of the molecule is O=C(O)c1ccc2c(c1)OC(c1cc(F)cc(F)c1)(c1cc(F)cc(F)c1)O2. The number of rotatable bonds is 3. The summed E-state index contributed by atoms with van der Waals surface area (Å²) in [5, 5.41) is 9.13. The molecule has 0 bridgehead atoms. The number of halogens is 4. The Labute approximate surface area is 155 Å². The van der Waals surface area contributed by atoms with Gasteiger partial charge in [0.2, 0.25) is 0 Å². The van der Waals surface area contributed by atoms with E-state index in [9.17, 15) is 22.4 Å². The smallest absolute Gasteiger partial charge is 0.335 e. The lowest BCUT2D eigenvalue weighted by molar-refractivity contribution is -0.0468. The number of fused-ring (bicyclic) bond motifs is 1. The number of carboxylic acid groups (broad SMARTS) is 1. The summed E-state index contributed by atoms with van der Waals surface area (Å²) in [7, 11) is 0. The van der Waals surface area contributed by atoms with Crippen molar-refractivity contribution < 1.29 is 36.9 Å². The van der Waals surface area contributed by atoms with Crippen LogP contribution in [-0.2, 0) is 5.79 Å². The quantitative estimate of drug-likeness (QED) is 0.664. The Morgan fingerprint density at radius 2 is 1.18 bits per heavy atom. The maximum atomic E-state index is 13.8. The fourth-order valence-electron chi connectivity index (χ4n) is 3.03. The highest BCUT2D eigenvalue weighted by Gasteiger charge is 2.47. The monoisotopic (exact) mass is 390 g/mol. The van der Waals surface area contributed by atoms with Crippen LogP contribution in [0, 0.1) is 23.3 Å². The van der Waals surface area contributed by atoms with Crippen LogP contribution >= 0.6 is 0 Å². The highest BCUT2D eigenvalue weighted by atomic mass is 19.1. The number of aromatic carboxylic acids is 1. The standard InChI is InChI=1S/C20H10F4O4/c21-13-4-11(5-14(22)8-13)20(12-6-15(23)9-16(24)7-12)27-17-2-1-10(19(25)26)3-18(17)28-20/h1-9H,(H,25,26). The third-order valence-electron chi connectivity index (χ3n) is 4.18. The van der Waals surface area contributed by atoms with Crippen molar-refractivity contribution in [2.75, 3.05) is 0 Å². The summed E-state index contributed by atoms with van der Waals surface area (Å²) in [6.45, 7) is 0. The average Bonchev–Trinajstić information content (AvgIpc) is 3.00. The van der Waals surface area contributed by atoms with Gasteiger partial charge in [0.1, 0.15) is 23.3 Å². The Morgan fingerprint density at radius 1 is 0.714 bits per heavy atom. The van der Waals surface area contributed by atoms with Crippen LogP contribution < -0.4 is 9.47 Å². The predicted molar refractivity (Wildman–Crippen MR) is 88.2 cm³/mol. The van der Waals surface area contributed by atoms with Gasteiger partial charge in [-0.3, -0.25) is 0 Å². The molecule has 8 heteroatoms. The molecule has 4 rings (SSSR count). The maximum Gasteiger partial charge on any atom is 0.335 e. The van der Waals surface area contributed by atoms with E-state index in [1.54, 1.807) is 0 Å². The summed E-state index contributed by atoms with van der Waals surface area (Å²) in [5.74, 6) is -7.21. The molecule has 0 amide bonds. The Hall–Kier alpha value is -3.55. The topological polar surface area (TPSA) is 55.8 Å². The molecule has 0 spiro atoms. The molecular formula is C20H10F4O4. The zero-order valence-corrected chi connectivity index (χ0v) is 13.9. The fraction of sp³-hybridized carbons (Fsp3) is 0.0500. The van der Waals surface area contributed by atoms with Gasteiger partial charge in [-0.15, -0.1) is 0 Å². The Kier molecular flexibility index (Phi) is 3.99. The molecule has 28 heavy (non-hydrogen) atoms. The van der Waals surface area contributed by atoms with E-state index in [2.05, 4.69) is 0 Å². The van der Waals surface area contributed by atoms with Gasteiger partial charge in [-0.1, -0.05) is 0 Å². The molecule has 0 atom stereocenters. The van der Waals surface area contributed by atoms with Crippen LogP contribution in [0.3, 0.4) is 0 Å². The van der Waals surface area contributed by atoms with Crippen LogP contribution in [0.15, 0.2) is 54.6 Å². The normalized spacial score (nSPS) is 14.1. The van der Waals surface area contributed by atoms with Crippen molar-refractivity contribution in [3.63, 3.8) is 0 Å². The molecule has 4 nitrogen and oxygen atoms in total. The van der Waals surface area contributed by atoms with Crippen molar-refractivity contribution in [2.45, 2.75) is 5.79 Å². The molecule has 1 aliphatic rings. The first-order valence-electron chi connectivity index (χ1n) is 7.95. The number of hydrogen-bond donors (Lipinski definition) is 1. The highest BCUT2D eigenvalue weighted by molar-refractivity contribution is 5.88. The Bertz CT molecular complexity index is 1020. The summed E-state index contributed by atoms with van der Waals surface area (Å²) in [6.07, 6.45) is 0. The van der Waals surface area contributed by atoms with Crippen molar-refractivity contribution in [1.82, 2.24) is 0 Å². The molecule has 3 aromatic rings. The third kappa shape index (κ3) is 2.92. The lowest BCUT2D eigenvalue weighted by Crippen LogP contribution is -2.37. The van der Waals surface area contributed by atoms with Gasteiger partial charge in [-0.25, -0.2) is 22.4 Å². The van der Waals surface area contributed by atoms with E-state index >= 15 is 0 Å². The first-order valence-corrected chi connectivity index (χ1v) is 7.95. The minimum absolute atomic E-state index is 0.0411. The van der Waals surface area contributed by atoms with E-state index in [-0.39, 0.29) is 28.2 Å². The number of carboxylic acids is 1. The zero-order valence-electron chi connectivity index (χ0n) is 13.9. The van der Waals surface area contributed by atoms with Gasteiger partial charge in [0.25, 0.3) is 0 Å². The van der Waals surface area contributed by atoms with E-state index in [1.807, 2.05) is 0 Å². The van der Waals surface area contributed by atoms with Gasteiger partial charge in [-0.05, 0) is 42.5 Å². The van der Waals surface area contributed by atoms with Crippen molar-refractivity contribution in [3.8, 4) is 11.5 Å². The second kappa shape index (κ2) is 6.26. The summed E-state index contributed by atoms with van der Waals surface area (Å²) in [5.41, 5.74) is -0.542. The molecule has 1 aliphatic heterocycles. The van der Waals surface area contributed by atoms with Crippen molar-refractivity contribution in [3.05, 3.63) is 94.6 Å². The predicted octanol–water partition coefficient (Wildman–Crippen LogP) is 4.61. The first kappa shape index (κ1) is 17.8. The molecule has 0 saturated carbocycles. The highest BCUT2D eigenvalue weighted by Crippen LogP contribution is 2.48. The van der Waals surface area contributed by atoms with Gasteiger partial charge in [0.05, 0.1) is 5.56 Å². The molecule has 0 fully saturated rings. The molecule has 0 saturated heterocycles. The average molecular weight is 390 g/mol. The minimum atomic E-state index is -2.12. The van der Waals surface area contributed by atoms with Crippen LogP contribution in [0.5, 0.6) is 11.5 Å². The lowest BCUT2D eigenvalue weighted by atomic mass is 9.96. The minimum Gasteiger partial charge on any atom is -0.478 e. The van der Waals surface area contributed by atoms with Gasteiger partial charge < -0.3 is 14.6 Å². The number of carbonyl (C=O) groups is 1. The van der Waals surface area contributed by atoms with Crippen molar-refractivity contribution >= 4 is 5.97 Å². The van der Waals surface area contributed by atoms with E-state index < -0.39 is 35.0 Å². The van der Waals surface area contributed by atoms with Crippen LogP contribution in [0.25, 0.3) is 0 Å². The van der Waals surface area contributed by atoms with E-state index in [0.717, 1.165) is 30.3 Å². The Balaban J connectivity index is 1.94. The number of ether oxygens (including phenoxy) is 2. The van der Waals surface area contributed by atoms with Crippen LogP contribution in [0.4, 0.5) is 17.6 Å². The second-order valence-corrected chi connectivity index (χ2v) is 6.10. The summed E-state index contributed by atoms with van der Waals surface area (Å²) >= 11 is 0. The number of hydrogen-bond acceptors (Lipinski definition) is 3. The molecule has 142 valence electrons. The molecular weight excluding hydrogens is 380 g/mol. The zero-order chi connectivity index (χ0) is 20.1. The molecule has 0 unspecified atom stereocenters. The fourth-order valence-corrected chi connectivity index (χ4v) is 3.03. The Morgan fingerprint density at radius 3 is 1.64 bits per heavy atom. The number of benzene rings is 3. The molecule has 3 aromatic carbocycles. The molecule has 0 aromatic heterocycles. The molecule has 0 aliphatic carbocycles. The van der Waals surface area contributed by atoms with Gasteiger partial charge >= 0.3 is 11.8 Å². The van der Waals surface area contributed by atoms with Gasteiger partial charge in [0, 0.05) is 23.3 Å². The molecule has 1 heterocycles. The summed E-state index contributed by atoms with van der Waals surface area (Å²) < 4.78 is 66.9. The van der Waals surface area contributed by atoms with Crippen molar-refractivity contribution in [1.29, 1.82) is 0 Å². The van der Waals surface area contributed by atoms with Crippen molar-refractivity contribution in [2.24, 2.45) is 0 Å². The van der Waals surface area contributed by atoms with Gasteiger partial charge in [-0.2, -0.15) is 0 Å². The molecule has 1 N–H and O–H groups in total. The van der Waals surface area contributed by atoms with Crippen LogP contribution in [0.2, 0.25) is 0 Å². The van der Waals surface area contributed by atoms with Crippen LogP contribution in [-0.4, -0.2) is 11.1 Å². The maximum absolute atomic E-state index is 13.8. The van der Waals surface area contributed by atoms with E-state index in [1.165, 1.54) is 12.1 Å². The summed E-state index contributed by atoms with van der Waals surface area (Å²) in [4.78, 5) is 11.2. The summed E-state index contributed by atoms with van der Waals surface area (Å²) in [6, 6.07) is 8.50. The van der Waals surface area contributed by atoms with E-state index in [0.29, 0.717) is 12.1 Å². The largest absolute Gasteiger partial charge is 0.478 e. The van der Waals surface area contributed by atoms with Crippen LogP contribution in [0.1, 0.15) is 21.5 Å². The second-order valence-electron chi connectivity index (χ2n) is 6.10. The van der Waals surface area contributed by atoms with Gasteiger partial charge in [0.15, 0.2) is 11.5 Å². The van der Waals surface area contributed by atoms with E-state index in [4.69, 9.17) is 14.6 Å².